The molecule has 0 saturated heterocycles. The van der Waals surface area contributed by atoms with Crippen molar-refractivity contribution in [2.75, 3.05) is 19.4 Å². The predicted octanol–water partition coefficient (Wildman–Crippen LogP) is 3.32. The minimum Gasteiger partial charge on any atom is -0.480 e. The SMILES string of the molecule is C/N=C(\NC)N[C@H]1CC[C@H](C(=O)Nc2ccc(C[C@H](NC(=O)c3c(Cl)cccc3Cl)C(=O)O)cc2)C1. The van der Waals surface area contributed by atoms with Gasteiger partial charge < -0.3 is 26.4 Å². The summed E-state index contributed by atoms with van der Waals surface area (Å²) in [7, 11) is 3.49. The van der Waals surface area contributed by atoms with Crippen molar-refractivity contribution in [1.29, 1.82) is 0 Å². The van der Waals surface area contributed by atoms with Crippen molar-refractivity contribution in [2.24, 2.45) is 10.9 Å². The molecule has 0 heterocycles. The number of guanidine groups is 1. The molecule has 3 atom stereocenters. The monoisotopic (exact) mass is 533 g/mol. The molecule has 1 fully saturated rings. The molecule has 2 amide bonds. The Bertz CT molecular complexity index is 1120. The highest BCUT2D eigenvalue weighted by Crippen LogP contribution is 2.27. The molecular weight excluding hydrogens is 505 g/mol. The highest BCUT2D eigenvalue weighted by molar-refractivity contribution is 6.39. The van der Waals surface area contributed by atoms with Crippen LogP contribution in [0.25, 0.3) is 0 Å². The van der Waals surface area contributed by atoms with E-state index < -0.39 is 17.9 Å². The van der Waals surface area contributed by atoms with Crippen LogP contribution < -0.4 is 21.3 Å². The number of halogens is 2. The van der Waals surface area contributed by atoms with E-state index in [1.165, 1.54) is 12.1 Å². The van der Waals surface area contributed by atoms with Crippen molar-refractivity contribution < 1.29 is 19.5 Å². The van der Waals surface area contributed by atoms with E-state index in [2.05, 4.69) is 26.3 Å². The molecule has 0 spiro atoms. The number of aliphatic carboxylic acids is 1. The van der Waals surface area contributed by atoms with Crippen molar-refractivity contribution in [1.82, 2.24) is 16.0 Å². The average Bonchev–Trinajstić information content (AvgIpc) is 3.32. The summed E-state index contributed by atoms with van der Waals surface area (Å²) >= 11 is 12.1. The lowest BCUT2D eigenvalue weighted by molar-refractivity contribution is -0.139. The first-order chi connectivity index (χ1) is 17.2. The van der Waals surface area contributed by atoms with E-state index in [1.807, 2.05) is 0 Å². The molecule has 9 nitrogen and oxygen atoms in total. The summed E-state index contributed by atoms with van der Waals surface area (Å²) in [5.74, 6) is -1.33. The molecule has 5 N–H and O–H groups in total. The van der Waals surface area contributed by atoms with Gasteiger partial charge in [0, 0.05) is 38.2 Å². The molecule has 36 heavy (non-hydrogen) atoms. The molecule has 3 rings (SSSR count). The summed E-state index contributed by atoms with van der Waals surface area (Å²) in [5, 5.41) is 21.6. The Hall–Kier alpha value is -3.30. The number of nitrogens with one attached hydrogen (secondary N) is 4. The van der Waals surface area contributed by atoms with Crippen LogP contribution in [-0.4, -0.2) is 55.0 Å². The number of hydrogen-bond acceptors (Lipinski definition) is 4. The Kier molecular flexibility index (Phi) is 9.55. The van der Waals surface area contributed by atoms with Crippen LogP contribution in [-0.2, 0) is 16.0 Å². The van der Waals surface area contributed by atoms with Gasteiger partial charge in [-0.2, -0.15) is 0 Å². The molecule has 2 aromatic carbocycles. The van der Waals surface area contributed by atoms with Crippen molar-refractivity contribution in [3.05, 3.63) is 63.6 Å². The minimum atomic E-state index is -1.19. The fraction of sp³-hybridized carbons (Fsp3) is 0.360. The second-order valence-corrected chi connectivity index (χ2v) is 9.34. The maximum Gasteiger partial charge on any atom is 0.326 e. The number of rotatable bonds is 8. The Balaban J connectivity index is 1.57. The summed E-state index contributed by atoms with van der Waals surface area (Å²) in [6.45, 7) is 0. The van der Waals surface area contributed by atoms with Gasteiger partial charge in [0.2, 0.25) is 5.91 Å². The molecule has 1 saturated carbocycles. The van der Waals surface area contributed by atoms with Gasteiger partial charge >= 0.3 is 5.97 Å². The molecule has 0 radical (unpaired) electrons. The smallest absolute Gasteiger partial charge is 0.326 e. The summed E-state index contributed by atoms with van der Waals surface area (Å²) < 4.78 is 0. The third-order valence-electron chi connectivity index (χ3n) is 6.06. The van der Waals surface area contributed by atoms with Crippen LogP contribution in [0.15, 0.2) is 47.5 Å². The number of carbonyl (C=O) groups is 3. The number of carboxylic acids is 1. The molecule has 1 aliphatic carbocycles. The van der Waals surface area contributed by atoms with Gasteiger partial charge in [0.25, 0.3) is 5.91 Å². The molecule has 0 bridgehead atoms. The quantitative estimate of drug-likeness (QED) is 0.261. The zero-order chi connectivity index (χ0) is 26.2. The van der Waals surface area contributed by atoms with Gasteiger partial charge in [0.1, 0.15) is 6.04 Å². The number of aliphatic imine (C=N–C) groups is 1. The second kappa shape index (κ2) is 12.6. The van der Waals surface area contributed by atoms with Crippen LogP contribution in [0.4, 0.5) is 5.69 Å². The van der Waals surface area contributed by atoms with Gasteiger partial charge in [0.05, 0.1) is 15.6 Å². The highest BCUT2D eigenvalue weighted by atomic mass is 35.5. The third-order valence-corrected chi connectivity index (χ3v) is 6.69. The maximum atomic E-state index is 12.7. The highest BCUT2D eigenvalue weighted by Gasteiger charge is 2.30. The van der Waals surface area contributed by atoms with Crippen LogP contribution in [0.1, 0.15) is 35.2 Å². The lowest BCUT2D eigenvalue weighted by atomic mass is 10.0. The van der Waals surface area contributed by atoms with E-state index in [4.69, 9.17) is 23.2 Å². The fourth-order valence-electron chi connectivity index (χ4n) is 4.14. The number of carboxylic acid groups (broad SMARTS) is 1. The zero-order valence-electron chi connectivity index (χ0n) is 20.0. The van der Waals surface area contributed by atoms with E-state index in [0.717, 1.165) is 12.8 Å². The first-order valence-electron chi connectivity index (χ1n) is 11.5. The number of nitrogens with zero attached hydrogens (tertiary/aromatic N) is 1. The number of benzene rings is 2. The Morgan fingerprint density at radius 2 is 1.75 bits per heavy atom. The van der Waals surface area contributed by atoms with E-state index in [-0.39, 0.29) is 39.9 Å². The van der Waals surface area contributed by atoms with E-state index >= 15 is 0 Å². The molecule has 0 unspecified atom stereocenters. The number of hydrogen-bond donors (Lipinski definition) is 5. The molecule has 1 aliphatic rings. The summed E-state index contributed by atoms with van der Waals surface area (Å²) in [4.78, 5) is 41.2. The van der Waals surface area contributed by atoms with Gasteiger partial charge in [-0.1, -0.05) is 41.4 Å². The Labute approximate surface area is 219 Å². The van der Waals surface area contributed by atoms with Crippen LogP contribution in [0.3, 0.4) is 0 Å². The Morgan fingerprint density at radius 3 is 2.33 bits per heavy atom. The largest absolute Gasteiger partial charge is 0.480 e. The van der Waals surface area contributed by atoms with Crippen LogP contribution >= 0.6 is 23.2 Å². The van der Waals surface area contributed by atoms with Gasteiger partial charge in [-0.15, -0.1) is 0 Å². The molecule has 0 aromatic heterocycles. The summed E-state index contributed by atoms with van der Waals surface area (Å²) in [6, 6.07) is 10.5. The molecule has 0 aliphatic heterocycles. The van der Waals surface area contributed by atoms with E-state index in [9.17, 15) is 19.5 Å². The maximum absolute atomic E-state index is 12.7. The summed E-state index contributed by atoms with van der Waals surface area (Å²) in [6.07, 6.45) is 2.40. The van der Waals surface area contributed by atoms with E-state index in [1.54, 1.807) is 44.4 Å². The second-order valence-electron chi connectivity index (χ2n) is 8.52. The van der Waals surface area contributed by atoms with Gasteiger partial charge in [-0.25, -0.2) is 4.79 Å². The van der Waals surface area contributed by atoms with Crippen molar-refractivity contribution >= 4 is 52.6 Å². The standard InChI is InChI=1S/C25H29Cl2N5O4/c1-28-25(29-2)31-17-11-8-15(13-17)22(33)30-16-9-6-14(7-10-16)12-20(24(35)36)32-23(34)21-18(26)4-3-5-19(21)27/h3-7,9-10,15,17,20H,8,11-13H2,1-2H3,(H,30,33)(H,32,34)(H,35,36)(H2,28,29,31)/t15-,17-,20-/m0/s1. The van der Waals surface area contributed by atoms with Crippen molar-refractivity contribution in [3.63, 3.8) is 0 Å². The number of amides is 2. The first-order valence-corrected chi connectivity index (χ1v) is 12.3. The van der Waals surface area contributed by atoms with Gasteiger partial charge in [-0.05, 0) is 49.1 Å². The molecule has 192 valence electrons. The van der Waals surface area contributed by atoms with Crippen molar-refractivity contribution in [2.45, 2.75) is 37.8 Å². The van der Waals surface area contributed by atoms with Gasteiger partial charge in [-0.3, -0.25) is 14.6 Å². The van der Waals surface area contributed by atoms with E-state index in [0.29, 0.717) is 23.6 Å². The van der Waals surface area contributed by atoms with Gasteiger partial charge in [0.15, 0.2) is 5.96 Å². The number of carbonyl (C=O) groups excluding carboxylic acids is 2. The summed E-state index contributed by atoms with van der Waals surface area (Å²) in [5.41, 5.74) is 1.32. The first kappa shape index (κ1) is 27.3. The van der Waals surface area contributed by atoms with Crippen LogP contribution in [0.2, 0.25) is 10.0 Å². The van der Waals surface area contributed by atoms with Crippen LogP contribution in [0.5, 0.6) is 0 Å². The predicted molar refractivity (Wildman–Crippen MR) is 141 cm³/mol. The third kappa shape index (κ3) is 7.11. The zero-order valence-corrected chi connectivity index (χ0v) is 21.5. The Morgan fingerprint density at radius 1 is 1.08 bits per heavy atom. The molecule has 2 aromatic rings. The lowest BCUT2D eigenvalue weighted by Crippen LogP contribution is -2.42. The number of anilines is 1. The molecule has 11 heteroatoms. The fourth-order valence-corrected chi connectivity index (χ4v) is 4.71. The average molecular weight is 534 g/mol. The van der Waals surface area contributed by atoms with Crippen molar-refractivity contribution in [3.8, 4) is 0 Å². The minimum absolute atomic E-state index is 0.0265. The molecular formula is C25H29Cl2N5O4. The topological polar surface area (TPSA) is 132 Å². The van der Waals surface area contributed by atoms with Crippen LogP contribution in [0, 0.1) is 5.92 Å². The lowest BCUT2D eigenvalue weighted by Gasteiger charge is -2.17. The normalized spacial score (nSPS) is 18.3.